The molecule has 0 bridgehead atoms. The van der Waals surface area contributed by atoms with Gasteiger partial charge in [-0.3, -0.25) is 0 Å². The van der Waals surface area contributed by atoms with E-state index in [1.54, 1.807) is 42.2 Å². The minimum atomic E-state index is -2.64. The predicted octanol–water partition coefficient (Wildman–Crippen LogP) is 3.91. The fourth-order valence-electron chi connectivity index (χ4n) is 3.37. The Morgan fingerprint density at radius 1 is 1.12 bits per heavy atom. The molecule has 0 atom stereocenters. The molecule has 0 aromatic heterocycles. The van der Waals surface area contributed by atoms with Gasteiger partial charge < -0.3 is 19.3 Å². The number of aryl methyl sites for hydroxylation is 1. The van der Waals surface area contributed by atoms with Gasteiger partial charge in [-0.25, -0.2) is 13.6 Å². The minimum Gasteiger partial charge on any atom is -0.464 e. The molecule has 0 N–H and O–H groups in total. The first-order valence-electron chi connectivity index (χ1n) is 9.94. The molecule has 1 aliphatic heterocycles. The summed E-state index contributed by atoms with van der Waals surface area (Å²) in [4.78, 5) is 24.1. The van der Waals surface area contributed by atoms with Gasteiger partial charge in [-0.15, -0.1) is 0 Å². The second-order valence-corrected chi connectivity index (χ2v) is 7.43. The van der Waals surface area contributed by atoms with E-state index in [0.29, 0.717) is 22.5 Å². The SMILES string of the molecule is CO/N=C(/C(=O)OC)c1cccc(C)c1CO/N=C(\C)c1cccc(N2CC(F)(F)C2)c1. The molecule has 2 aromatic carbocycles. The zero-order valence-corrected chi connectivity index (χ0v) is 18.4. The average molecular weight is 445 g/mol. The standard InChI is InChI=1S/C23H25F2N3O4/c1-15-7-5-10-19(21(27-31-4)22(29)30-3)20(15)12-32-26-16(2)17-8-6-9-18(11-17)28-13-23(24,25)14-28/h5-11H,12-14H2,1-4H3/b26-16+,27-21+. The highest BCUT2D eigenvalue weighted by molar-refractivity contribution is 6.43. The van der Waals surface area contributed by atoms with Crippen LogP contribution in [0.2, 0.25) is 0 Å². The predicted molar refractivity (Wildman–Crippen MR) is 117 cm³/mol. The van der Waals surface area contributed by atoms with Crippen LogP contribution < -0.4 is 4.90 Å². The average Bonchev–Trinajstić information content (AvgIpc) is 2.76. The Kier molecular flexibility index (Phi) is 7.07. The van der Waals surface area contributed by atoms with Gasteiger partial charge in [-0.05, 0) is 31.5 Å². The maximum Gasteiger partial charge on any atom is 0.360 e. The molecule has 0 radical (unpaired) electrons. The molecular formula is C23H25F2N3O4. The summed E-state index contributed by atoms with van der Waals surface area (Å²) < 4.78 is 31.1. The Labute approximate surface area is 185 Å². The molecule has 170 valence electrons. The smallest absolute Gasteiger partial charge is 0.360 e. The number of alkyl halides is 2. The Balaban J connectivity index is 1.76. The molecule has 1 saturated heterocycles. The lowest BCUT2D eigenvalue weighted by atomic mass is 9.99. The molecule has 7 nitrogen and oxygen atoms in total. The van der Waals surface area contributed by atoms with E-state index >= 15 is 0 Å². The summed E-state index contributed by atoms with van der Waals surface area (Å²) in [6.07, 6.45) is 0. The number of rotatable bonds is 8. The summed E-state index contributed by atoms with van der Waals surface area (Å²) in [5.74, 6) is -3.27. The summed E-state index contributed by atoms with van der Waals surface area (Å²) in [7, 11) is 2.61. The zero-order chi connectivity index (χ0) is 23.3. The van der Waals surface area contributed by atoms with Crippen LogP contribution in [-0.2, 0) is 25.8 Å². The summed E-state index contributed by atoms with van der Waals surface area (Å²) in [6, 6.07) is 12.6. The van der Waals surface area contributed by atoms with Crippen LogP contribution in [0.3, 0.4) is 0 Å². The Bertz CT molecular complexity index is 1050. The van der Waals surface area contributed by atoms with Crippen molar-refractivity contribution in [1.29, 1.82) is 0 Å². The van der Waals surface area contributed by atoms with Gasteiger partial charge in [0, 0.05) is 22.4 Å². The molecule has 0 amide bonds. The second kappa shape index (κ2) is 9.76. The Morgan fingerprint density at radius 2 is 1.84 bits per heavy atom. The normalized spacial score (nSPS) is 15.8. The zero-order valence-electron chi connectivity index (χ0n) is 18.4. The van der Waals surface area contributed by atoms with Gasteiger partial charge in [0.15, 0.2) is 5.71 Å². The third-order valence-electron chi connectivity index (χ3n) is 5.11. The molecular weight excluding hydrogens is 420 g/mol. The van der Waals surface area contributed by atoms with Crippen molar-refractivity contribution < 1.29 is 28.0 Å². The van der Waals surface area contributed by atoms with Crippen molar-refractivity contribution in [3.8, 4) is 0 Å². The quantitative estimate of drug-likeness (QED) is 0.350. The highest BCUT2D eigenvalue weighted by Gasteiger charge is 2.43. The van der Waals surface area contributed by atoms with E-state index in [1.807, 2.05) is 19.1 Å². The fraction of sp³-hybridized carbons (Fsp3) is 0.348. The van der Waals surface area contributed by atoms with Crippen LogP contribution in [-0.4, -0.2) is 50.6 Å². The number of esters is 1. The molecule has 1 fully saturated rings. The van der Waals surface area contributed by atoms with E-state index < -0.39 is 11.9 Å². The number of ether oxygens (including phenoxy) is 1. The molecule has 0 spiro atoms. The van der Waals surface area contributed by atoms with Crippen LogP contribution in [0.1, 0.15) is 29.2 Å². The number of methoxy groups -OCH3 is 1. The molecule has 0 saturated carbocycles. The first-order valence-corrected chi connectivity index (χ1v) is 9.94. The molecule has 1 aliphatic rings. The van der Waals surface area contributed by atoms with E-state index in [1.165, 1.54) is 14.2 Å². The third-order valence-corrected chi connectivity index (χ3v) is 5.11. The highest BCUT2D eigenvalue weighted by Crippen LogP contribution is 2.32. The van der Waals surface area contributed by atoms with Crippen LogP contribution >= 0.6 is 0 Å². The van der Waals surface area contributed by atoms with Crippen LogP contribution in [0.15, 0.2) is 52.8 Å². The van der Waals surface area contributed by atoms with Gasteiger partial charge in [0.05, 0.1) is 25.9 Å². The van der Waals surface area contributed by atoms with Crippen LogP contribution in [0.5, 0.6) is 0 Å². The number of anilines is 1. The number of carbonyl (C=O) groups is 1. The van der Waals surface area contributed by atoms with Gasteiger partial charge in [0.25, 0.3) is 5.92 Å². The van der Waals surface area contributed by atoms with Crippen LogP contribution in [0.4, 0.5) is 14.5 Å². The van der Waals surface area contributed by atoms with Crippen molar-refractivity contribution in [2.75, 3.05) is 32.2 Å². The number of hydrogen-bond acceptors (Lipinski definition) is 7. The number of halogens is 2. The lowest BCUT2D eigenvalue weighted by molar-refractivity contribution is -0.132. The summed E-state index contributed by atoms with van der Waals surface area (Å²) >= 11 is 0. The van der Waals surface area contributed by atoms with E-state index in [2.05, 4.69) is 10.3 Å². The molecule has 3 rings (SSSR count). The van der Waals surface area contributed by atoms with Crippen molar-refractivity contribution in [2.45, 2.75) is 26.4 Å². The van der Waals surface area contributed by atoms with Gasteiger partial charge in [-0.2, -0.15) is 0 Å². The van der Waals surface area contributed by atoms with E-state index in [-0.39, 0.29) is 25.4 Å². The lowest BCUT2D eigenvalue weighted by Crippen LogP contribution is -2.56. The second-order valence-electron chi connectivity index (χ2n) is 7.43. The van der Waals surface area contributed by atoms with Crippen molar-refractivity contribution in [3.05, 3.63) is 64.7 Å². The van der Waals surface area contributed by atoms with E-state index in [4.69, 9.17) is 14.4 Å². The topological polar surface area (TPSA) is 72.7 Å². The molecule has 0 unspecified atom stereocenters. The van der Waals surface area contributed by atoms with Crippen molar-refractivity contribution >= 4 is 23.1 Å². The number of nitrogens with zero attached hydrogens (tertiary/aromatic N) is 3. The Morgan fingerprint density at radius 3 is 2.50 bits per heavy atom. The molecule has 2 aromatic rings. The summed E-state index contributed by atoms with van der Waals surface area (Å²) in [6.45, 7) is 3.16. The lowest BCUT2D eigenvalue weighted by Gasteiger charge is -2.40. The Hall–Kier alpha value is -3.49. The van der Waals surface area contributed by atoms with Gasteiger partial charge in [0.2, 0.25) is 0 Å². The first-order chi connectivity index (χ1) is 15.3. The van der Waals surface area contributed by atoms with Crippen molar-refractivity contribution in [3.63, 3.8) is 0 Å². The van der Waals surface area contributed by atoms with Gasteiger partial charge in [0.1, 0.15) is 13.7 Å². The van der Waals surface area contributed by atoms with E-state index in [9.17, 15) is 13.6 Å². The minimum absolute atomic E-state index is 0.0250. The third kappa shape index (κ3) is 5.22. The van der Waals surface area contributed by atoms with Crippen LogP contribution in [0.25, 0.3) is 0 Å². The fourth-order valence-corrected chi connectivity index (χ4v) is 3.37. The van der Waals surface area contributed by atoms with Gasteiger partial charge >= 0.3 is 5.97 Å². The molecule has 32 heavy (non-hydrogen) atoms. The van der Waals surface area contributed by atoms with Crippen molar-refractivity contribution in [1.82, 2.24) is 0 Å². The first kappa shape index (κ1) is 23.2. The van der Waals surface area contributed by atoms with Crippen LogP contribution in [0, 0.1) is 6.92 Å². The number of benzene rings is 2. The maximum absolute atomic E-state index is 13.2. The number of oxime groups is 2. The van der Waals surface area contributed by atoms with E-state index in [0.717, 1.165) is 11.1 Å². The number of hydrogen-bond donors (Lipinski definition) is 0. The number of carbonyl (C=O) groups excluding carboxylic acids is 1. The van der Waals surface area contributed by atoms with Gasteiger partial charge in [-0.1, -0.05) is 40.6 Å². The summed E-state index contributed by atoms with van der Waals surface area (Å²) in [5.41, 5.74) is 4.20. The monoisotopic (exact) mass is 445 g/mol. The maximum atomic E-state index is 13.2. The molecule has 9 heteroatoms. The molecule has 1 heterocycles. The summed E-state index contributed by atoms with van der Waals surface area (Å²) in [5, 5.41) is 7.98. The largest absolute Gasteiger partial charge is 0.464 e. The highest BCUT2D eigenvalue weighted by atomic mass is 19.3. The molecule has 0 aliphatic carbocycles. The van der Waals surface area contributed by atoms with Crippen molar-refractivity contribution in [2.24, 2.45) is 10.3 Å².